The molecule has 0 saturated carbocycles. The van der Waals surface area contributed by atoms with Crippen LogP contribution in [-0.2, 0) is 11.2 Å². The van der Waals surface area contributed by atoms with E-state index in [0.717, 1.165) is 35.5 Å². The fourth-order valence-corrected chi connectivity index (χ4v) is 2.96. The predicted octanol–water partition coefficient (Wildman–Crippen LogP) is 3.43. The summed E-state index contributed by atoms with van der Waals surface area (Å²) in [5.74, 6) is -0.0181. The van der Waals surface area contributed by atoms with Crippen molar-refractivity contribution in [1.29, 1.82) is 0 Å². The van der Waals surface area contributed by atoms with Crippen molar-refractivity contribution in [1.82, 2.24) is 5.32 Å². The second-order valence-electron chi connectivity index (χ2n) is 5.15. The van der Waals surface area contributed by atoms with Crippen molar-refractivity contribution in [2.45, 2.75) is 11.3 Å². The topological polar surface area (TPSA) is 47.6 Å². The number of benzene rings is 2. The number of methoxy groups -OCH3 is 2. The average molecular weight is 367 g/mol. The Bertz CT molecular complexity index is 740. The van der Waals surface area contributed by atoms with Gasteiger partial charge in [-0.25, -0.2) is 8.78 Å². The molecule has 0 saturated heterocycles. The van der Waals surface area contributed by atoms with Crippen molar-refractivity contribution in [2.24, 2.45) is 0 Å². The van der Waals surface area contributed by atoms with E-state index in [2.05, 4.69) is 5.32 Å². The van der Waals surface area contributed by atoms with Gasteiger partial charge in [0.05, 0.1) is 20.0 Å². The highest BCUT2D eigenvalue weighted by Gasteiger charge is 2.09. The number of rotatable bonds is 8. The number of halogens is 2. The first kappa shape index (κ1) is 19.1. The summed E-state index contributed by atoms with van der Waals surface area (Å²) in [6.07, 6.45) is 0.616. The minimum Gasteiger partial charge on any atom is -0.493 e. The average Bonchev–Trinajstić information content (AvgIpc) is 2.62. The standard InChI is InChI=1S/C18H19F2NO3S/c1-23-15-6-3-12(9-16(15)24-2)7-8-21-18(22)11-25-17-10-13(19)4-5-14(17)20/h3-6,9-10H,7-8,11H2,1-2H3,(H,21,22). The summed E-state index contributed by atoms with van der Waals surface area (Å²) < 4.78 is 37.0. The summed E-state index contributed by atoms with van der Waals surface area (Å²) in [6.45, 7) is 0.431. The van der Waals surface area contributed by atoms with Crippen LogP contribution >= 0.6 is 11.8 Å². The summed E-state index contributed by atoms with van der Waals surface area (Å²) in [5, 5.41) is 2.75. The molecule has 0 unspecified atom stereocenters. The zero-order chi connectivity index (χ0) is 18.2. The number of nitrogens with one attached hydrogen (secondary N) is 1. The van der Waals surface area contributed by atoms with Gasteiger partial charge in [0.25, 0.3) is 0 Å². The normalized spacial score (nSPS) is 10.4. The molecule has 0 radical (unpaired) electrons. The van der Waals surface area contributed by atoms with E-state index in [1.54, 1.807) is 20.3 Å². The first-order chi connectivity index (χ1) is 12.0. The molecule has 1 amide bonds. The van der Waals surface area contributed by atoms with E-state index < -0.39 is 11.6 Å². The van der Waals surface area contributed by atoms with Gasteiger partial charge in [0.1, 0.15) is 11.6 Å². The van der Waals surface area contributed by atoms with Gasteiger partial charge in [-0.1, -0.05) is 6.07 Å². The molecule has 25 heavy (non-hydrogen) atoms. The Hall–Kier alpha value is -2.28. The van der Waals surface area contributed by atoms with Crippen LogP contribution < -0.4 is 14.8 Å². The van der Waals surface area contributed by atoms with Crippen molar-refractivity contribution >= 4 is 17.7 Å². The zero-order valence-corrected chi connectivity index (χ0v) is 14.8. The fourth-order valence-electron chi connectivity index (χ4n) is 2.16. The van der Waals surface area contributed by atoms with Crippen molar-refractivity contribution in [2.75, 3.05) is 26.5 Å². The van der Waals surface area contributed by atoms with Gasteiger partial charge >= 0.3 is 0 Å². The molecule has 2 aromatic carbocycles. The minimum atomic E-state index is -0.537. The summed E-state index contributed by atoms with van der Waals surface area (Å²) in [5.41, 5.74) is 0.988. The van der Waals surface area contributed by atoms with Crippen LogP contribution in [0.3, 0.4) is 0 Å². The van der Waals surface area contributed by atoms with E-state index in [-0.39, 0.29) is 16.6 Å². The van der Waals surface area contributed by atoms with E-state index in [1.807, 2.05) is 12.1 Å². The van der Waals surface area contributed by atoms with E-state index in [0.29, 0.717) is 24.5 Å². The van der Waals surface area contributed by atoms with Gasteiger partial charge in [-0.2, -0.15) is 0 Å². The summed E-state index contributed by atoms with van der Waals surface area (Å²) in [6, 6.07) is 8.72. The van der Waals surface area contributed by atoms with Gasteiger partial charge in [0.15, 0.2) is 11.5 Å². The van der Waals surface area contributed by atoms with Gasteiger partial charge in [-0.3, -0.25) is 4.79 Å². The quantitative estimate of drug-likeness (QED) is 0.726. The van der Waals surface area contributed by atoms with Crippen LogP contribution in [0.2, 0.25) is 0 Å². The maximum Gasteiger partial charge on any atom is 0.230 e. The van der Waals surface area contributed by atoms with E-state index in [9.17, 15) is 13.6 Å². The number of hydrogen-bond acceptors (Lipinski definition) is 4. The van der Waals surface area contributed by atoms with Crippen LogP contribution in [0.4, 0.5) is 8.78 Å². The van der Waals surface area contributed by atoms with Crippen molar-refractivity contribution in [3.63, 3.8) is 0 Å². The molecule has 1 N–H and O–H groups in total. The largest absolute Gasteiger partial charge is 0.493 e. The van der Waals surface area contributed by atoms with Crippen molar-refractivity contribution < 1.29 is 23.0 Å². The van der Waals surface area contributed by atoms with Gasteiger partial charge in [0.2, 0.25) is 5.91 Å². The Morgan fingerprint density at radius 3 is 2.56 bits per heavy atom. The van der Waals surface area contributed by atoms with Crippen LogP contribution in [0.5, 0.6) is 11.5 Å². The minimum absolute atomic E-state index is 0.0201. The molecule has 134 valence electrons. The molecule has 0 bridgehead atoms. The predicted molar refractivity (Wildman–Crippen MR) is 93.3 cm³/mol. The van der Waals surface area contributed by atoms with E-state index in [4.69, 9.17) is 9.47 Å². The second kappa shape index (κ2) is 9.27. The number of thioether (sulfide) groups is 1. The Labute approximate surface area is 149 Å². The van der Waals surface area contributed by atoms with Crippen LogP contribution in [0.1, 0.15) is 5.56 Å². The third kappa shape index (κ3) is 5.63. The number of ether oxygens (including phenoxy) is 2. The number of amides is 1. The summed E-state index contributed by atoms with van der Waals surface area (Å²) in [4.78, 5) is 12.0. The highest BCUT2D eigenvalue weighted by Crippen LogP contribution is 2.27. The number of carbonyl (C=O) groups is 1. The maximum absolute atomic E-state index is 13.5. The van der Waals surface area contributed by atoms with Crippen molar-refractivity contribution in [3.05, 3.63) is 53.6 Å². The van der Waals surface area contributed by atoms with E-state index >= 15 is 0 Å². The lowest BCUT2D eigenvalue weighted by atomic mass is 10.1. The smallest absolute Gasteiger partial charge is 0.230 e. The number of hydrogen-bond donors (Lipinski definition) is 1. The molecule has 0 atom stereocenters. The lowest BCUT2D eigenvalue weighted by molar-refractivity contribution is -0.118. The molecule has 2 aromatic rings. The molecule has 7 heteroatoms. The van der Waals surface area contributed by atoms with Crippen LogP contribution in [0.25, 0.3) is 0 Å². The number of carbonyl (C=O) groups excluding carboxylic acids is 1. The molecule has 0 aliphatic carbocycles. The molecule has 2 rings (SSSR count). The van der Waals surface area contributed by atoms with Gasteiger partial charge < -0.3 is 14.8 Å². The second-order valence-corrected chi connectivity index (χ2v) is 6.17. The molecular weight excluding hydrogens is 348 g/mol. The molecule has 4 nitrogen and oxygen atoms in total. The first-order valence-electron chi connectivity index (χ1n) is 7.59. The molecule has 0 spiro atoms. The highest BCUT2D eigenvalue weighted by atomic mass is 32.2. The van der Waals surface area contributed by atoms with Gasteiger partial charge in [0, 0.05) is 11.4 Å². The van der Waals surface area contributed by atoms with Gasteiger partial charge in [-0.15, -0.1) is 11.8 Å². The molecule has 0 aromatic heterocycles. The van der Waals surface area contributed by atoms with Crippen molar-refractivity contribution in [3.8, 4) is 11.5 Å². The Morgan fingerprint density at radius 2 is 1.84 bits per heavy atom. The lowest BCUT2D eigenvalue weighted by Gasteiger charge is -2.10. The third-order valence-electron chi connectivity index (χ3n) is 3.44. The van der Waals surface area contributed by atoms with Gasteiger partial charge in [-0.05, 0) is 42.3 Å². The van der Waals surface area contributed by atoms with Crippen LogP contribution in [-0.4, -0.2) is 32.4 Å². The monoisotopic (exact) mass is 367 g/mol. The molecule has 0 heterocycles. The molecule has 0 aliphatic rings. The Morgan fingerprint density at radius 1 is 1.08 bits per heavy atom. The van der Waals surface area contributed by atoms with Crippen LogP contribution in [0, 0.1) is 11.6 Å². The third-order valence-corrected chi connectivity index (χ3v) is 4.47. The van der Waals surface area contributed by atoms with Crippen LogP contribution in [0.15, 0.2) is 41.3 Å². The Kier molecular flexibility index (Phi) is 7.06. The molecule has 0 fully saturated rings. The SMILES string of the molecule is COc1ccc(CCNC(=O)CSc2cc(F)ccc2F)cc1OC. The maximum atomic E-state index is 13.5. The fraction of sp³-hybridized carbons (Fsp3) is 0.278. The summed E-state index contributed by atoms with van der Waals surface area (Å²) >= 11 is 0.963. The lowest BCUT2D eigenvalue weighted by Crippen LogP contribution is -2.27. The molecular formula is C18H19F2NO3S. The zero-order valence-electron chi connectivity index (χ0n) is 14.0. The first-order valence-corrected chi connectivity index (χ1v) is 8.57. The Balaban J connectivity index is 1.79. The summed E-state index contributed by atoms with van der Waals surface area (Å²) in [7, 11) is 3.13. The highest BCUT2D eigenvalue weighted by molar-refractivity contribution is 8.00. The van der Waals surface area contributed by atoms with E-state index in [1.165, 1.54) is 0 Å². The molecule has 0 aliphatic heterocycles.